The van der Waals surface area contributed by atoms with Crippen LogP contribution in [0, 0.1) is 0 Å². The molecule has 1 rings (SSSR count). The molecule has 16 heavy (non-hydrogen) atoms. The van der Waals surface area contributed by atoms with Crippen molar-refractivity contribution >= 4 is 35.5 Å². The van der Waals surface area contributed by atoms with Gasteiger partial charge >= 0.3 is 5.97 Å². The number of aldehydes is 1. The van der Waals surface area contributed by atoms with Crippen molar-refractivity contribution in [1.29, 1.82) is 0 Å². The average molecular weight is 263 g/mol. The number of carbonyl (C=O) groups is 2. The molecule has 1 aromatic rings. The molecular weight excluding hydrogens is 255 g/mol. The molecule has 0 saturated heterocycles. The van der Waals surface area contributed by atoms with Gasteiger partial charge < -0.3 is 9.84 Å². The minimum atomic E-state index is -0.966. The van der Waals surface area contributed by atoms with Crippen LogP contribution in [0.5, 0.6) is 5.75 Å². The topological polar surface area (TPSA) is 63.6 Å². The van der Waals surface area contributed by atoms with Crippen LogP contribution >= 0.6 is 23.2 Å². The number of carboxylic acids is 1. The number of carboxylic acid groups (broad SMARTS) is 1. The lowest BCUT2D eigenvalue weighted by molar-refractivity contribution is -0.137. The Labute approximate surface area is 102 Å². The van der Waals surface area contributed by atoms with E-state index < -0.39 is 5.97 Å². The number of halogens is 2. The Hall–Kier alpha value is -1.26. The van der Waals surface area contributed by atoms with E-state index in [1.54, 1.807) is 0 Å². The predicted octanol–water partition coefficient (Wildman–Crippen LogP) is 2.66. The summed E-state index contributed by atoms with van der Waals surface area (Å²) in [7, 11) is 0. The summed E-state index contributed by atoms with van der Waals surface area (Å²) in [6, 6.07) is 2.93. The fraction of sp³-hybridized carbons (Fsp3) is 0.200. The van der Waals surface area contributed by atoms with E-state index in [1.807, 2.05) is 0 Å². The molecule has 4 nitrogen and oxygen atoms in total. The number of rotatable bonds is 5. The van der Waals surface area contributed by atoms with Gasteiger partial charge in [-0.2, -0.15) is 0 Å². The minimum Gasteiger partial charge on any atom is -0.491 e. The van der Waals surface area contributed by atoms with Gasteiger partial charge in [0.05, 0.1) is 18.1 Å². The Morgan fingerprint density at radius 2 is 2.06 bits per heavy atom. The highest BCUT2D eigenvalue weighted by molar-refractivity contribution is 6.44. The molecule has 0 spiro atoms. The third kappa shape index (κ3) is 3.12. The summed E-state index contributed by atoms with van der Waals surface area (Å²) in [4.78, 5) is 20.8. The van der Waals surface area contributed by atoms with Gasteiger partial charge in [-0.1, -0.05) is 23.2 Å². The van der Waals surface area contributed by atoms with Gasteiger partial charge in [0.15, 0.2) is 6.29 Å². The molecule has 0 aromatic heterocycles. The molecule has 0 atom stereocenters. The van der Waals surface area contributed by atoms with Crippen LogP contribution in [-0.4, -0.2) is 24.0 Å². The van der Waals surface area contributed by atoms with Gasteiger partial charge in [0.2, 0.25) is 0 Å². The summed E-state index contributed by atoms with van der Waals surface area (Å²) in [5.41, 5.74) is 0.261. The van der Waals surface area contributed by atoms with Crippen molar-refractivity contribution in [2.45, 2.75) is 6.42 Å². The highest BCUT2D eigenvalue weighted by Crippen LogP contribution is 2.33. The first kappa shape index (κ1) is 12.8. The van der Waals surface area contributed by atoms with Crippen LogP contribution in [0.1, 0.15) is 16.8 Å². The lowest BCUT2D eigenvalue weighted by Gasteiger charge is -2.08. The van der Waals surface area contributed by atoms with Gasteiger partial charge in [0.1, 0.15) is 10.8 Å². The summed E-state index contributed by atoms with van der Waals surface area (Å²) >= 11 is 11.6. The first-order valence-corrected chi connectivity index (χ1v) is 5.09. The van der Waals surface area contributed by atoms with E-state index in [1.165, 1.54) is 12.1 Å². The fourth-order valence-corrected chi connectivity index (χ4v) is 1.42. The summed E-state index contributed by atoms with van der Waals surface area (Å²) in [5.74, 6) is -0.703. The second kappa shape index (κ2) is 5.72. The van der Waals surface area contributed by atoms with Crippen molar-refractivity contribution in [2.75, 3.05) is 6.61 Å². The number of aliphatic carboxylic acids is 1. The lowest BCUT2D eigenvalue weighted by Crippen LogP contribution is -2.05. The lowest BCUT2D eigenvalue weighted by atomic mass is 10.2. The van der Waals surface area contributed by atoms with Gasteiger partial charge in [-0.15, -0.1) is 0 Å². The van der Waals surface area contributed by atoms with Gasteiger partial charge in [-0.05, 0) is 12.1 Å². The van der Waals surface area contributed by atoms with E-state index in [0.717, 1.165) is 0 Å². The van der Waals surface area contributed by atoms with E-state index in [4.69, 9.17) is 33.0 Å². The van der Waals surface area contributed by atoms with Crippen LogP contribution < -0.4 is 4.74 Å². The van der Waals surface area contributed by atoms with Crippen LogP contribution in [0.2, 0.25) is 10.0 Å². The summed E-state index contributed by atoms with van der Waals surface area (Å²) in [6.07, 6.45) is 0.443. The Balaban J connectivity index is 2.78. The maximum atomic E-state index is 10.5. The first-order valence-electron chi connectivity index (χ1n) is 4.34. The molecular formula is C10H8Cl2O4. The number of ether oxygens (including phenoxy) is 1. The number of hydrogen-bond donors (Lipinski definition) is 1. The molecule has 0 amide bonds. The zero-order valence-corrected chi connectivity index (χ0v) is 9.59. The predicted molar refractivity (Wildman–Crippen MR) is 59.6 cm³/mol. The van der Waals surface area contributed by atoms with Crippen molar-refractivity contribution in [2.24, 2.45) is 0 Å². The molecule has 0 radical (unpaired) electrons. The molecule has 0 fully saturated rings. The van der Waals surface area contributed by atoms with Crippen LogP contribution in [0.4, 0.5) is 0 Å². The van der Waals surface area contributed by atoms with Crippen molar-refractivity contribution in [3.05, 3.63) is 27.7 Å². The van der Waals surface area contributed by atoms with Crippen molar-refractivity contribution in [3.8, 4) is 5.75 Å². The molecule has 0 bridgehead atoms. The second-order valence-electron chi connectivity index (χ2n) is 2.89. The quantitative estimate of drug-likeness (QED) is 0.829. The van der Waals surface area contributed by atoms with E-state index in [0.29, 0.717) is 6.29 Å². The van der Waals surface area contributed by atoms with Gasteiger partial charge in [-0.25, -0.2) is 0 Å². The highest BCUT2D eigenvalue weighted by atomic mass is 35.5. The molecule has 0 saturated carbocycles. The summed E-state index contributed by atoms with van der Waals surface area (Å²) < 4.78 is 5.11. The maximum Gasteiger partial charge on any atom is 0.306 e. The van der Waals surface area contributed by atoms with Crippen LogP contribution in [0.3, 0.4) is 0 Å². The van der Waals surface area contributed by atoms with Crippen molar-refractivity contribution in [1.82, 2.24) is 0 Å². The summed E-state index contributed by atoms with van der Waals surface area (Å²) in [6.45, 7) is -0.00812. The average Bonchev–Trinajstić information content (AvgIpc) is 2.24. The molecule has 1 N–H and O–H groups in total. The third-order valence-corrected chi connectivity index (χ3v) is 2.66. The normalized spacial score (nSPS) is 9.88. The second-order valence-corrected chi connectivity index (χ2v) is 3.65. The Morgan fingerprint density at radius 1 is 1.38 bits per heavy atom. The standard InChI is InChI=1S/C10H8Cl2O4/c11-9-6(5-13)1-2-7(10(9)12)16-4-3-8(14)15/h1-2,5H,3-4H2,(H,14,15). The largest absolute Gasteiger partial charge is 0.491 e. The van der Waals surface area contributed by atoms with E-state index >= 15 is 0 Å². The molecule has 0 aliphatic carbocycles. The van der Waals surface area contributed by atoms with Gasteiger partial charge in [0, 0.05) is 5.56 Å². The van der Waals surface area contributed by atoms with Crippen LogP contribution in [0.15, 0.2) is 12.1 Å². The van der Waals surface area contributed by atoms with Gasteiger partial charge in [0.25, 0.3) is 0 Å². The molecule has 0 heterocycles. The third-order valence-electron chi connectivity index (χ3n) is 1.78. The van der Waals surface area contributed by atoms with Crippen molar-refractivity contribution < 1.29 is 19.4 Å². The number of hydrogen-bond acceptors (Lipinski definition) is 3. The molecule has 0 unspecified atom stereocenters. The van der Waals surface area contributed by atoms with E-state index in [-0.39, 0.29) is 34.4 Å². The molecule has 6 heteroatoms. The maximum absolute atomic E-state index is 10.5. The van der Waals surface area contributed by atoms with Gasteiger partial charge in [-0.3, -0.25) is 9.59 Å². The zero-order valence-electron chi connectivity index (χ0n) is 8.07. The van der Waals surface area contributed by atoms with Crippen LogP contribution in [-0.2, 0) is 4.79 Å². The van der Waals surface area contributed by atoms with Crippen LogP contribution in [0.25, 0.3) is 0 Å². The first-order chi connectivity index (χ1) is 7.56. The Kier molecular flexibility index (Phi) is 4.58. The number of benzene rings is 1. The Bertz CT molecular complexity index is 418. The monoisotopic (exact) mass is 262 g/mol. The number of carbonyl (C=O) groups excluding carboxylic acids is 1. The fourth-order valence-electron chi connectivity index (χ4n) is 0.997. The molecule has 0 aliphatic heterocycles. The smallest absolute Gasteiger partial charge is 0.306 e. The highest BCUT2D eigenvalue weighted by Gasteiger charge is 2.10. The summed E-state index contributed by atoms with van der Waals surface area (Å²) in [5, 5.41) is 8.62. The molecule has 0 aliphatic rings. The minimum absolute atomic E-state index is 0.00812. The molecule has 1 aromatic carbocycles. The van der Waals surface area contributed by atoms with Crippen molar-refractivity contribution in [3.63, 3.8) is 0 Å². The Morgan fingerprint density at radius 3 is 2.62 bits per heavy atom. The SMILES string of the molecule is O=Cc1ccc(OCCC(=O)O)c(Cl)c1Cl. The zero-order chi connectivity index (χ0) is 12.1. The molecule has 86 valence electrons. The van der Waals surface area contributed by atoms with E-state index in [9.17, 15) is 9.59 Å². The van der Waals surface area contributed by atoms with E-state index in [2.05, 4.69) is 0 Å².